The molecule has 3 aromatic carbocycles. The van der Waals surface area contributed by atoms with Gasteiger partial charge in [-0.25, -0.2) is 4.79 Å². The number of carbonyl (C=O) groups is 3. The molecular weight excluding hydrogens is 410 g/mol. The van der Waals surface area contributed by atoms with Crippen molar-refractivity contribution in [1.82, 2.24) is 0 Å². The molecule has 32 heavy (non-hydrogen) atoms. The average molecular weight is 433 g/mol. The van der Waals surface area contributed by atoms with Gasteiger partial charge in [-0.1, -0.05) is 48.5 Å². The molecule has 0 saturated heterocycles. The number of Topliss-reactive ketones (excluding diaryl/α,β-unsaturated/α-hetero) is 1. The van der Waals surface area contributed by atoms with E-state index in [0.29, 0.717) is 17.0 Å². The highest BCUT2D eigenvalue weighted by molar-refractivity contribution is 5.97. The van der Waals surface area contributed by atoms with Gasteiger partial charge in [-0.3, -0.25) is 9.59 Å². The fraction of sp³-hybridized carbons (Fsp3) is 0.160. The number of para-hydroxylation sites is 1. The quantitative estimate of drug-likeness (QED) is 0.403. The Bertz CT molecular complexity index is 1110. The van der Waals surface area contributed by atoms with Crippen LogP contribution in [0.15, 0.2) is 72.8 Å². The maximum atomic E-state index is 12.3. The lowest BCUT2D eigenvalue weighted by atomic mass is 10.0. The summed E-state index contributed by atoms with van der Waals surface area (Å²) in [5.41, 5.74) is 2.89. The van der Waals surface area contributed by atoms with E-state index in [9.17, 15) is 14.4 Å². The number of rotatable bonds is 9. The van der Waals surface area contributed by atoms with Crippen molar-refractivity contribution in [2.75, 3.05) is 25.6 Å². The van der Waals surface area contributed by atoms with Crippen LogP contribution in [-0.2, 0) is 14.3 Å². The van der Waals surface area contributed by atoms with Crippen LogP contribution in [-0.4, -0.2) is 38.0 Å². The van der Waals surface area contributed by atoms with E-state index >= 15 is 0 Å². The minimum atomic E-state index is -0.714. The molecule has 0 heterocycles. The minimum absolute atomic E-state index is 0.117. The molecule has 7 heteroatoms. The number of esters is 1. The van der Waals surface area contributed by atoms with Crippen LogP contribution in [0.1, 0.15) is 17.3 Å². The number of hydrogen-bond donors (Lipinski definition) is 1. The van der Waals surface area contributed by atoms with Gasteiger partial charge in [-0.05, 0) is 36.8 Å². The van der Waals surface area contributed by atoms with E-state index in [1.807, 2.05) is 48.5 Å². The summed E-state index contributed by atoms with van der Waals surface area (Å²) in [5.74, 6) is -0.690. The molecule has 0 aliphatic rings. The van der Waals surface area contributed by atoms with Crippen LogP contribution in [0, 0.1) is 0 Å². The lowest BCUT2D eigenvalue weighted by Gasteiger charge is -2.12. The van der Waals surface area contributed by atoms with Crippen molar-refractivity contribution in [3.8, 4) is 22.6 Å². The fourth-order valence-electron chi connectivity index (χ4n) is 2.98. The zero-order chi connectivity index (χ0) is 22.9. The van der Waals surface area contributed by atoms with Gasteiger partial charge in [0.25, 0.3) is 5.91 Å². The Balaban J connectivity index is 1.53. The average Bonchev–Trinajstić information content (AvgIpc) is 2.82. The van der Waals surface area contributed by atoms with Gasteiger partial charge < -0.3 is 19.5 Å². The van der Waals surface area contributed by atoms with E-state index in [-0.39, 0.29) is 11.5 Å². The number of nitrogens with one attached hydrogen (secondary N) is 1. The first kappa shape index (κ1) is 22.6. The van der Waals surface area contributed by atoms with Crippen molar-refractivity contribution < 1.29 is 28.6 Å². The van der Waals surface area contributed by atoms with Gasteiger partial charge in [0.05, 0.1) is 7.11 Å². The van der Waals surface area contributed by atoms with Crippen molar-refractivity contribution >= 4 is 23.3 Å². The van der Waals surface area contributed by atoms with Gasteiger partial charge in [-0.15, -0.1) is 0 Å². The predicted octanol–water partition coefficient (Wildman–Crippen LogP) is 4.13. The van der Waals surface area contributed by atoms with Crippen molar-refractivity contribution in [1.29, 1.82) is 0 Å². The Morgan fingerprint density at radius 1 is 0.844 bits per heavy atom. The molecule has 0 unspecified atom stereocenters. The number of carbonyl (C=O) groups excluding carboxylic acids is 3. The maximum Gasteiger partial charge on any atom is 0.344 e. The second-order valence-corrected chi connectivity index (χ2v) is 6.83. The van der Waals surface area contributed by atoms with Gasteiger partial charge in [0, 0.05) is 16.8 Å². The predicted molar refractivity (Wildman–Crippen MR) is 120 cm³/mol. The molecule has 1 amide bonds. The molecule has 0 aliphatic carbocycles. The normalized spacial score (nSPS) is 10.2. The van der Waals surface area contributed by atoms with Crippen LogP contribution in [0.25, 0.3) is 11.1 Å². The molecular formula is C25H23NO6. The molecule has 0 atom stereocenters. The fourth-order valence-corrected chi connectivity index (χ4v) is 2.98. The third-order valence-corrected chi connectivity index (χ3v) is 4.57. The van der Waals surface area contributed by atoms with Gasteiger partial charge in [0.2, 0.25) is 0 Å². The van der Waals surface area contributed by atoms with E-state index in [4.69, 9.17) is 14.2 Å². The van der Waals surface area contributed by atoms with Crippen LogP contribution in [0.4, 0.5) is 5.69 Å². The number of ether oxygens (including phenoxy) is 3. The molecule has 0 spiro atoms. The first-order chi connectivity index (χ1) is 15.5. The molecule has 3 rings (SSSR count). The van der Waals surface area contributed by atoms with Gasteiger partial charge in [0.1, 0.15) is 0 Å². The number of methoxy groups -OCH3 is 1. The lowest BCUT2D eigenvalue weighted by Crippen LogP contribution is -2.24. The summed E-state index contributed by atoms with van der Waals surface area (Å²) in [6, 6.07) is 21.6. The van der Waals surface area contributed by atoms with E-state index < -0.39 is 25.1 Å². The third kappa shape index (κ3) is 5.95. The highest BCUT2D eigenvalue weighted by Gasteiger charge is 2.13. The molecule has 7 nitrogen and oxygen atoms in total. The number of hydrogen-bond acceptors (Lipinski definition) is 6. The van der Waals surface area contributed by atoms with Crippen molar-refractivity contribution in [2.45, 2.75) is 6.92 Å². The van der Waals surface area contributed by atoms with Gasteiger partial charge in [-0.2, -0.15) is 0 Å². The van der Waals surface area contributed by atoms with Crippen molar-refractivity contribution in [3.05, 3.63) is 78.4 Å². The van der Waals surface area contributed by atoms with Crippen LogP contribution in [0.3, 0.4) is 0 Å². The Kier molecular flexibility index (Phi) is 7.59. The molecule has 0 fully saturated rings. The summed E-state index contributed by atoms with van der Waals surface area (Å²) >= 11 is 0. The summed E-state index contributed by atoms with van der Waals surface area (Å²) < 4.78 is 15.6. The standard InChI is InChI=1S/C25H23NO6/c1-17(27)19-12-13-22(23(14-19)30-2)31-16-25(29)32-15-24(28)26-21-11-7-6-10-20(21)18-8-4-3-5-9-18/h3-14H,15-16H2,1-2H3,(H,26,28). The molecule has 164 valence electrons. The lowest BCUT2D eigenvalue weighted by molar-refractivity contribution is -0.149. The number of anilines is 1. The van der Waals surface area contributed by atoms with E-state index in [1.54, 1.807) is 12.1 Å². The van der Waals surface area contributed by atoms with Crippen molar-refractivity contribution in [3.63, 3.8) is 0 Å². The van der Waals surface area contributed by atoms with E-state index in [0.717, 1.165) is 11.1 Å². The Morgan fingerprint density at radius 2 is 1.56 bits per heavy atom. The summed E-state index contributed by atoms with van der Waals surface area (Å²) in [6.07, 6.45) is 0. The van der Waals surface area contributed by atoms with Crippen molar-refractivity contribution in [2.24, 2.45) is 0 Å². The number of amides is 1. The first-order valence-corrected chi connectivity index (χ1v) is 9.89. The zero-order valence-corrected chi connectivity index (χ0v) is 17.8. The summed E-state index contributed by atoms with van der Waals surface area (Å²) in [6.45, 7) is 0.575. The van der Waals surface area contributed by atoms with Crippen LogP contribution < -0.4 is 14.8 Å². The van der Waals surface area contributed by atoms with Gasteiger partial charge in [0.15, 0.2) is 30.5 Å². The zero-order valence-electron chi connectivity index (χ0n) is 17.8. The topological polar surface area (TPSA) is 90.9 Å². The van der Waals surface area contributed by atoms with Crippen LogP contribution in [0.5, 0.6) is 11.5 Å². The summed E-state index contributed by atoms with van der Waals surface area (Å²) in [4.78, 5) is 35.8. The monoisotopic (exact) mass is 433 g/mol. The number of benzene rings is 3. The van der Waals surface area contributed by atoms with Crippen LogP contribution in [0.2, 0.25) is 0 Å². The molecule has 0 aliphatic heterocycles. The Morgan fingerprint density at radius 3 is 2.28 bits per heavy atom. The SMILES string of the molecule is COc1cc(C(C)=O)ccc1OCC(=O)OCC(=O)Nc1ccccc1-c1ccccc1. The molecule has 0 radical (unpaired) electrons. The maximum absolute atomic E-state index is 12.3. The molecule has 3 aromatic rings. The Hall–Kier alpha value is -4.13. The smallest absolute Gasteiger partial charge is 0.344 e. The molecule has 0 saturated carbocycles. The largest absolute Gasteiger partial charge is 0.493 e. The molecule has 1 N–H and O–H groups in total. The van der Waals surface area contributed by atoms with Gasteiger partial charge >= 0.3 is 5.97 Å². The number of ketones is 1. The molecule has 0 bridgehead atoms. The Labute approximate surface area is 185 Å². The highest BCUT2D eigenvalue weighted by Crippen LogP contribution is 2.29. The summed E-state index contributed by atoms with van der Waals surface area (Å²) in [7, 11) is 1.43. The minimum Gasteiger partial charge on any atom is -0.493 e. The second-order valence-electron chi connectivity index (χ2n) is 6.83. The molecule has 0 aromatic heterocycles. The van der Waals surface area contributed by atoms with Crippen LogP contribution >= 0.6 is 0 Å². The van der Waals surface area contributed by atoms with E-state index in [1.165, 1.54) is 26.2 Å². The highest BCUT2D eigenvalue weighted by atomic mass is 16.6. The van der Waals surface area contributed by atoms with E-state index in [2.05, 4.69) is 5.32 Å². The summed E-state index contributed by atoms with van der Waals surface area (Å²) in [5, 5.41) is 2.76. The third-order valence-electron chi connectivity index (χ3n) is 4.57. The first-order valence-electron chi connectivity index (χ1n) is 9.89. The second kappa shape index (κ2) is 10.8.